The maximum absolute atomic E-state index is 14.1. The number of thiazole rings is 1. The van der Waals surface area contributed by atoms with Crippen molar-refractivity contribution < 1.29 is 8.78 Å². The molecule has 2 aromatic rings. The molecule has 1 heterocycles. The predicted molar refractivity (Wildman–Crippen MR) is 80.9 cm³/mol. The number of nitrogens with zero attached hydrogens (tertiary/aromatic N) is 1. The number of hydrogen-bond donors (Lipinski definition) is 1. The van der Waals surface area contributed by atoms with E-state index in [1.165, 1.54) is 23.5 Å². The summed E-state index contributed by atoms with van der Waals surface area (Å²) in [5, 5.41) is 3.21. The molecular formula is C14H15BrF2N2S. The van der Waals surface area contributed by atoms with E-state index in [4.69, 9.17) is 0 Å². The van der Waals surface area contributed by atoms with Gasteiger partial charge in [0.2, 0.25) is 0 Å². The van der Waals surface area contributed by atoms with E-state index in [0.29, 0.717) is 17.4 Å². The zero-order valence-corrected chi connectivity index (χ0v) is 13.4. The highest BCUT2D eigenvalue weighted by Gasteiger charge is 2.21. The van der Waals surface area contributed by atoms with Crippen molar-refractivity contribution in [1.29, 1.82) is 0 Å². The molecule has 1 atom stereocenters. The molecule has 0 saturated heterocycles. The van der Waals surface area contributed by atoms with Crippen LogP contribution in [0.25, 0.3) is 0 Å². The second-order valence-corrected chi connectivity index (χ2v) is 6.35. The van der Waals surface area contributed by atoms with Crippen molar-refractivity contribution in [3.05, 3.63) is 50.4 Å². The summed E-state index contributed by atoms with van der Waals surface area (Å²) in [7, 11) is 0. The summed E-state index contributed by atoms with van der Waals surface area (Å²) in [6, 6.07) is 2.21. The predicted octanol–water partition coefficient (Wildman–Crippen LogP) is 4.47. The van der Waals surface area contributed by atoms with Crippen molar-refractivity contribution >= 4 is 27.3 Å². The van der Waals surface area contributed by atoms with E-state index in [2.05, 4.69) is 26.2 Å². The van der Waals surface area contributed by atoms with Gasteiger partial charge in [-0.1, -0.05) is 22.9 Å². The second-order valence-electron chi connectivity index (χ2n) is 4.46. The van der Waals surface area contributed by atoms with Crippen LogP contribution in [0.1, 0.15) is 29.8 Å². The molecular weight excluding hydrogens is 346 g/mol. The molecule has 1 aromatic heterocycles. The zero-order valence-electron chi connectivity index (χ0n) is 11.0. The quantitative estimate of drug-likeness (QED) is 0.821. The fourth-order valence-electron chi connectivity index (χ4n) is 2.03. The van der Waals surface area contributed by atoms with Crippen molar-refractivity contribution in [1.82, 2.24) is 10.3 Å². The van der Waals surface area contributed by atoms with Crippen molar-refractivity contribution in [2.45, 2.75) is 25.8 Å². The van der Waals surface area contributed by atoms with E-state index in [1.54, 1.807) is 11.7 Å². The fourth-order valence-corrected chi connectivity index (χ4v) is 3.07. The number of nitrogens with one attached hydrogen (secondary N) is 1. The van der Waals surface area contributed by atoms with Gasteiger partial charge in [0, 0.05) is 33.6 Å². The lowest BCUT2D eigenvalue weighted by Crippen LogP contribution is -2.25. The average molecular weight is 361 g/mol. The summed E-state index contributed by atoms with van der Waals surface area (Å²) < 4.78 is 28.6. The Kier molecular flexibility index (Phi) is 5.63. The highest BCUT2D eigenvalue weighted by molar-refractivity contribution is 9.10. The third-order valence-corrected chi connectivity index (χ3v) is 4.18. The Morgan fingerprint density at radius 1 is 1.35 bits per heavy atom. The van der Waals surface area contributed by atoms with Gasteiger partial charge >= 0.3 is 0 Å². The van der Waals surface area contributed by atoms with Crippen LogP contribution in [0, 0.1) is 11.6 Å². The van der Waals surface area contributed by atoms with Crippen LogP contribution in [0.15, 0.2) is 28.3 Å². The summed E-state index contributed by atoms with van der Waals surface area (Å²) in [6.07, 6.45) is 3.17. The highest BCUT2D eigenvalue weighted by Crippen LogP contribution is 2.28. The molecule has 0 radical (unpaired) electrons. The highest BCUT2D eigenvalue weighted by atomic mass is 79.9. The largest absolute Gasteiger partial charge is 0.309 e. The summed E-state index contributed by atoms with van der Waals surface area (Å²) in [5.74, 6) is -1.06. The molecule has 108 valence electrons. The third kappa shape index (κ3) is 3.84. The lowest BCUT2D eigenvalue weighted by molar-refractivity contribution is 0.465. The fraction of sp³-hybridized carbons (Fsp3) is 0.357. The van der Waals surface area contributed by atoms with Crippen molar-refractivity contribution in [3.8, 4) is 0 Å². The minimum absolute atomic E-state index is 0.0926. The first-order valence-corrected chi connectivity index (χ1v) is 8.04. The van der Waals surface area contributed by atoms with Crippen LogP contribution in [0.2, 0.25) is 0 Å². The van der Waals surface area contributed by atoms with Crippen LogP contribution in [0.5, 0.6) is 0 Å². The summed E-state index contributed by atoms with van der Waals surface area (Å²) in [6.45, 7) is 2.73. The van der Waals surface area contributed by atoms with Gasteiger partial charge in [0.1, 0.15) is 11.6 Å². The standard InChI is InChI=1S/C14H15BrF2N2S/c1-2-3-19-13(6-10-7-18-8-20-10)14-11(16)4-9(15)5-12(14)17/h4-5,7-8,13,19H,2-3,6H2,1H3. The Hall–Kier alpha value is -0.850. The first-order valence-electron chi connectivity index (χ1n) is 6.37. The molecule has 0 amide bonds. The molecule has 0 aliphatic carbocycles. The molecule has 2 nitrogen and oxygen atoms in total. The zero-order chi connectivity index (χ0) is 14.5. The van der Waals surface area contributed by atoms with E-state index in [-0.39, 0.29) is 11.6 Å². The van der Waals surface area contributed by atoms with Crippen LogP contribution < -0.4 is 5.32 Å². The third-order valence-electron chi connectivity index (χ3n) is 2.92. The molecule has 0 bridgehead atoms. The molecule has 0 aliphatic rings. The molecule has 0 aliphatic heterocycles. The van der Waals surface area contributed by atoms with Gasteiger partial charge in [-0.15, -0.1) is 11.3 Å². The van der Waals surface area contributed by atoms with Gasteiger partial charge in [-0.25, -0.2) is 8.78 Å². The molecule has 2 rings (SSSR count). The minimum Gasteiger partial charge on any atom is -0.309 e. The minimum atomic E-state index is -0.532. The van der Waals surface area contributed by atoms with E-state index in [9.17, 15) is 8.78 Å². The van der Waals surface area contributed by atoms with Gasteiger partial charge in [0.25, 0.3) is 0 Å². The van der Waals surface area contributed by atoms with Crippen LogP contribution in [-0.2, 0) is 6.42 Å². The topological polar surface area (TPSA) is 24.9 Å². The number of aromatic nitrogens is 1. The van der Waals surface area contributed by atoms with E-state index in [0.717, 1.165) is 11.3 Å². The summed E-state index contributed by atoms with van der Waals surface area (Å²) >= 11 is 4.59. The molecule has 0 fully saturated rings. The van der Waals surface area contributed by atoms with Gasteiger partial charge < -0.3 is 5.32 Å². The average Bonchev–Trinajstić information content (AvgIpc) is 2.87. The monoisotopic (exact) mass is 360 g/mol. The van der Waals surface area contributed by atoms with E-state index >= 15 is 0 Å². The first-order chi connectivity index (χ1) is 9.61. The molecule has 0 spiro atoms. The first kappa shape index (κ1) is 15.5. The molecule has 0 saturated carbocycles. The number of rotatable bonds is 6. The van der Waals surface area contributed by atoms with Crippen molar-refractivity contribution in [3.63, 3.8) is 0 Å². The Bertz CT molecular complexity index is 537. The Morgan fingerprint density at radius 2 is 2.05 bits per heavy atom. The van der Waals surface area contributed by atoms with E-state index < -0.39 is 11.6 Å². The number of benzene rings is 1. The van der Waals surface area contributed by atoms with Crippen LogP contribution in [-0.4, -0.2) is 11.5 Å². The van der Waals surface area contributed by atoms with Crippen molar-refractivity contribution in [2.75, 3.05) is 6.54 Å². The maximum Gasteiger partial charge on any atom is 0.132 e. The Balaban J connectivity index is 2.30. The smallest absolute Gasteiger partial charge is 0.132 e. The van der Waals surface area contributed by atoms with Gasteiger partial charge in [-0.2, -0.15) is 0 Å². The maximum atomic E-state index is 14.1. The van der Waals surface area contributed by atoms with Crippen LogP contribution >= 0.6 is 27.3 Å². The lowest BCUT2D eigenvalue weighted by Gasteiger charge is -2.19. The summed E-state index contributed by atoms with van der Waals surface area (Å²) in [5.41, 5.74) is 1.82. The molecule has 6 heteroatoms. The normalized spacial score (nSPS) is 12.6. The van der Waals surface area contributed by atoms with Gasteiger partial charge in [-0.3, -0.25) is 4.98 Å². The molecule has 20 heavy (non-hydrogen) atoms. The SMILES string of the molecule is CCCNC(Cc1cncs1)c1c(F)cc(Br)cc1F. The van der Waals surface area contributed by atoms with Gasteiger partial charge in [0.05, 0.1) is 5.51 Å². The van der Waals surface area contributed by atoms with Crippen LogP contribution in [0.3, 0.4) is 0 Å². The second kappa shape index (κ2) is 7.24. The molecule has 1 aromatic carbocycles. The molecule has 1 N–H and O–H groups in total. The molecule has 1 unspecified atom stereocenters. The van der Waals surface area contributed by atoms with E-state index in [1.807, 2.05) is 6.92 Å². The van der Waals surface area contributed by atoms with Gasteiger partial charge in [0.15, 0.2) is 0 Å². The van der Waals surface area contributed by atoms with Crippen LogP contribution in [0.4, 0.5) is 8.78 Å². The Labute approximate surface area is 129 Å². The number of hydrogen-bond acceptors (Lipinski definition) is 3. The van der Waals surface area contributed by atoms with Crippen molar-refractivity contribution in [2.24, 2.45) is 0 Å². The lowest BCUT2D eigenvalue weighted by atomic mass is 10.0. The van der Waals surface area contributed by atoms with Gasteiger partial charge in [-0.05, 0) is 25.1 Å². The summed E-state index contributed by atoms with van der Waals surface area (Å²) in [4.78, 5) is 5.00. The Morgan fingerprint density at radius 3 is 2.60 bits per heavy atom. The number of halogens is 3.